The first-order valence-electron chi connectivity index (χ1n) is 10.1. The lowest BCUT2D eigenvalue weighted by atomic mass is 9.95. The van der Waals surface area contributed by atoms with Crippen LogP contribution in [0, 0.1) is 0 Å². The molecule has 1 heterocycles. The zero-order valence-electron chi connectivity index (χ0n) is 18.1. The molecule has 1 amide bonds. The number of ether oxygens (including phenoxy) is 1. The summed E-state index contributed by atoms with van der Waals surface area (Å²) in [5, 5.41) is 11.5. The van der Waals surface area contributed by atoms with Crippen LogP contribution < -0.4 is 4.74 Å². The van der Waals surface area contributed by atoms with Gasteiger partial charge in [0.25, 0.3) is 11.7 Å². The van der Waals surface area contributed by atoms with E-state index in [4.69, 9.17) is 16.3 Å². The Labute approximate surface area is 187 Å². The molecule has 3 rings (SSSR count). The molecule has 0 aromatic heterocycles. The highest BCUT2D eigenvalue weighted by molar-refractivity contribution is 6.46. The van der Waals surface area contributed by atoms with E-state index in [0.29, 0.717) is 29.4 Å². The maximum Gasteiger partial charge on any atom is 0.295 e. The molecule has 6 nitrogen and oxygen atoms in total. The molecule has 1 aliphatic rings. The Balaban J connectivity index is 2.08. The Morgan fingerprint density at radius 3 is 2.26 bits per heavy atom. The molecule has 31 heavy (non-hydrogen) atoms. The number of hydrogen-bond donors (Lipinski definition) is 1. The van der Waals surface area contributed by atoms with E-state index < -0.39 is 17.7 Å². The van der Waals surface area contributed by atoms with E-state index in [9.17, 15) is 14.7 Å². The van der Waals surface area contributed by atoms with Crippen LogP contribution in [0.15, 0.2) is 54.1 Å². The molecule has 164 valence electrons. The molecule has 1 atom stereocenters. The fourth-order valence-electron chi connectivity index (χ4n) is 3.53. The van der Waals surface area contributed by atoms with Gasteiger partial charge in [0, 0.05) is 23.7 Å². The number of benzene rings is 2. The van der Waals surface area contributed by atoms with E-state index in [1.54, 1.807) is 24.3 Å². The summed E-state index contributed by atoms with van der Waals surface area (Å²) in [5.74, 6) is -0.833. The molecule has 1 fully saturated rings. The van der Waals surface area contributed by atoms with Crippen LogP contribution in [0.4, 0.5) is 0 Å². The van der Waals surface area contributed by atoms with E-state index in [0.717, 1.165) is 5.56 Å². The maximum absolute atomic E-state index is 13.0. The van der Waals surface area contributed by atoms with E-state index in [1.807, 2.05) is 57.1 Å². The van der Waals surface area contributed by atoms with Crippen molar-refractivity contribution in [2.45, 2.75) is 26.0 Å². The second-order valence-electron chi connectivity index (χ2n) is 8.04. The Morgan fingerprint density at radius 1 is 1.10 bits per heavy atom. The highest BCUT2D eigenvalue weighted by Crippen LogP contribution is 2.39. The predicted octanol–water partition coefficient (Wildman–Crippen LogP) is 4.11. The summed E-state index contributed by atoms with van der Waals surface area (Å²) in [5.41, 5.74) is 1.23. The third kappa shape index (κ3) is 5.09. The first-order valence-corrected chi connectivity index (χ1v) is 10.5. The molecule has 1 N–H and O–H groups in total. The van der Waals surface area contributed by atoms with Gasteiger partial charge in [0.15, 0.2) is 0 Å². The van der Waals surface area contributed by atoms with Gasteiger partial charge in [-0.15, -0.1) is 0 Å². The second kappa shape index (κ2) is 9.54. The first-order chi connectivity index (χ1) is 14.7. The molecular weight excluding hydrogens is 416 g/mol. The van der Waals surface area contributed by atoms with Crippen LogP contribution in [0.1, 0.15) is 31.0 Å². The number of ketones is 1. The topological polar surface area (TPSA) is 70.1 Å². The number of likely N-dealkylation sites (N-methyl/N-ethyl adjacent to an activating group) is 1. The fourth-order valence-corrected chi connectivity index (χ4v) is 3.66. The van der Waals surface area contributed by atoms with Crippen LogP contribution in [0.2, 0.25) is 5.02 Å². The van der Waals surface area contributed by atoms with Crippen LogP contribution in [0.3, 0.4) is 0 Å². The lowest BCUT2D eigenvalue weighted by Crippen LogP contribution is -2.35. The minimum atomic E-state index is -0.696. The summed E-state index contributed by atoms with van der Waals surface area (Å²) in [6.07, 6.45) is 0.0291. The molecule has 0 spiro atoms. The number of Topliss-reactive ketones (excluding diaryl/α,β-unsaturated/α-hetero) is 1. The smallest absolute Gasteiger partial charge is 0.295 e. The zero-order valence-corrected chi connectivity index (χ0v) is 18.9. The van der Waals surface area contributed by atoms with Gasteiger partial charge < -0.3 is 19.6 Å². The minimum absolute atomic E-state index is 0.0291. The molecule has 2 aromatic carbocycles. The molecule has 1 unspecified atom stereocenters. The number of aliphatic hydroxyl groups excluding tert-OH is 1. The first kappa shape index (κ1) is 22.8. The summed E-state index contributed by atoms with van der Waals surface area (Å²) in [7, 11) is 3.80. The molecular formula is C24H27ClN2O4. The zero-order chi connectivity index (χ0) is 22.7. The van der Waals surface area contributed by atoms with Crippen molar-refractivity contribution in [3.63, 3.8) is 0 Å². The van der Waals surface area contributed by atoms with Gasteiger partial charge in [-0.25, -0.2) is 0 Å². The quantitative estimate of drug-likeness (QED) is 0.397. The average Bonchev–Trinajstić information content (AvgIpc) is 2.97. The van der Waals surface area contributed by atoms with E-state index >= 15 is 0 Å². The number of carbonyl (C=O) groups excluding carboxylic acids is 2. The van der Waals surface area contributed by atoms with Crippen LogP contribution in [-0.2, 0) is 9.59 Å². The summed E-state index contributed by atoms with van der Waals surface area (Å²) >= 11 is 5.95. The standard InChI is InChI=1S/C24H27ClN2O4/c1-15(2)31-19-11-7-16(8-12-19)21-20(22(28)17-5-9-18(25)10-6-17)23(29)24(30)27(21)14-13-26(3)4/h5-12,15,21,28H,13-14H2,1-4H3. The van der Waals surface area contributed by atoms with Gasteiger partial charge in [-0.1, -0.05) is 23.7 Å². The number of aliphatic hydroxyl groups is 1. The fraction of sp³-hybridized carbons (Fsp3) is 0.333. The third-order valence-electron chi connectivity index (χ3n) is 5.01. The summed E-state index contributed by atoms with van der Waals surface area (Å²) in [6, 6.07) is 13.1. The van der Waals surface area contributed by atoms with Gasteiger partial charge >= 0.3 is 0 Å². The Kier molecular flexibility index (Phi) is 7.03. The number of nitrogens with zero attached hydrogens (tertiary/aromatic N) is 2. The van der Waals surface area contributed by atoms with Gasteiger partial charge in [-0.3, -0.25) is 9.59 Å². The summed E-state index contributed by atoms with van der Waals surface area (Å²) in [6.45, 7) is 4.81. The summed E-state index contributed by atoms with van der Waals surface area (Å²) < 4.78 is 5.71. The highest BCUT2D eigenvalue weighted by Gasteiger charge is 2.45. The number of amides is 1. The number of halogens is 1. The maximum atomic E-state index is 13.0. The van der Waals surface area contributed by atoms with Crippen LogP contribution >= 0.6 is 11.6 Å². The molecule has 0 aliphatic carbocycles. The molecule has 7 heteroatoms. The predicted molar refractivity (Wildman–Crippen MR) is 121 cm³/mol. The molecule has 0 saturated carbocycles. The molecule has 0 bridgehead atoms. The second-order valence-corrected chi connectivity index (χ2v) is 8.47. The van der Waals surface area contributed by atoms with Crippen LogP contribution in [0.25, 0.3) is 5.76 Å². The third-order valence-corrected chi connectivity index (χ3v) is 5.27. The van der Waals surface area contributed by atoms with Gasteiger partial charge in [-0.05, 0) is 69.9 Å². The lowest BCUT2D eigenvalue weighted by Gasteiger charge is -2.26. The molecule has 2 aromatic rings. The van der Waals surface area contributed by atoms with Crippen LogP contribution in [-0.4, -0.2) is 59.9 Å². The number of carbonyl (C=O) groups is 2. The highest BCUT2D eigenvalue weighted by atomic mass is 35.5. The molecule has 1 aliphatic heterocycles. The summed E-state index contributed by atoms with van der Waals surface area (Å²) in [4.78, 5) is 29.3. The largest absolute Gasteiger partial charge is 0.507 e. The molecule has 0 radical (unpaired) electrons. The lowest BCUT2D eigenvalue weighted by molar-refractivity contribution is -0.140. The van der Waals surface area contributed by atoms with Gasteiger partial charge in [0.2, 0.25) is 0 Å². The Bertz CT molecular complexity index is 982. The SMILES string of the molecule is CC(C)Oc1ccc(C2C(=C(O)c3ccc(Cl)cc3)C(=O)C(=O)N2CCN(C)C)cc1. The number of rotatable bonds is 7. The Hall–Kier alpha value is -2.83. The van der Waals surface area contributed by atoms with Crippen molar-refractivity contribution in [2.24, 2.45) is 0 Å². The van der Waals surface area contributed by atoms with Crippen molar-refractivity contribution >= 4 is 29.1 Å². The normalized spacial score (nSPS) is 18.3. The molecule has 1 saturated heterocycles. The van der Waals surface area contributed by atoms with Gasteiger partial charge in [0.1, 0.15) is 11.5 Å². The van der Waals surface area contributed by atoms with Crippen molar-refractivity contribution in [3.05, 3.63) is 70.3 Å². The Morgan fingerprint density at radius 2 is 1.71 bits per heavy atom. The van der Waals surface area contributed by atoms with Crippen molar-refractivity contribution in [3.8, 4) is 5.75 Å². The number of likely N-dealkylation sites (tertiary alicyclic amines) is 1. The van der Waals surface area contributed by atoms with Crippen LogP contribution in [0.5, 0.6) is 5.75 Å². The average molecular weight is 443 g/mol. The van der Waals surface area contributed by atoms with E-state index in [-0.39, 0.29) is 17.4 Å². The van der Waals surface area contributed by atoms with Crippen molar-refractivity contribution in [2.75, 3.05) is 27.2 Å². The van der Waals surface area contributed by atoms with Crippen molar-refractivity contribution in [1.29, 1.82) is 0 Å². The monoisotopic (exact) mass is 442 g/mol. The van der Waals surface area contributed by atoms with Gasteiger partial charge in [-0.2, -0.15) is 0 Å². The van der Waals surface area contributed by atoms with E-state index in [2.05, 4.69) is 0 Å². The van der Waals surface area contributed by atoms with Crippen molar-refractivity contribution < 1.29 is 19.4 Å². The van der Waals surface area contributed by atoms with E-state index in [1.165, 1.54) is 4.90 Å². The van der Waals surface area contributed by atoms with Gasteiger partial charge in [0.05, 0.1) is 17.7 Å². The van der Waals surface area contributed by atoms with Crippen molar-refractivity contribution in [1.82, 2.24) is 9.80 Å². The number of hydrogen-bond acceptors (Lipinski definition) is 5. The minimum Gasteiger partial charge on any atom is -0.507 e.